The molecule has 0 spiro atoms. The highest BCUT2D eigenvalue weighted by molar-refractivity contribution is 4.94. The van der Waals surface area contributed by atoms with Gasteiger partial charge in [0.2, 0.25) is 5.89 Å². The number of ether oxygens (including phenoxy) is 1. The first-order chi connectivity index (χ1) is 10.1. The van der Waals surface area contributed by atoms with Gasteiger partial charge in [-0.15, -0.1) is 0 Å². The molecule has 0 unspecified atom stereocenters. The van der Waals surface area contributed by atoms with E-state index in [1.807, 2.05) is 0 Å². The normalized spacial score (nSPS) is 27.1. The molecule has 120 valence electrons. The molecule has 1 fully saturated rings. The Bertz CT molecular complexity index is 440. The Balaban J connectivity index is 2.00. The van der Waals surface area contributed by atoms with E-state index in [2.05, 4.69) is 22.0 Å². The molecule has 0 radical (unpaired) electrons. The van der Waals surface area contributed by atoms with Gasteiger partial charge in [0.25, 0.3) is 0 Å². The second kappa shape index (κ2) is 7.31. The molecule has 0 aliphatic carbocycles. The monoisotopic (exact) mass is 299 g/mol. The van der Waals surface area contributed by atoms with Crippen molar-refractivity contribution in [1.29, 1.82) is 0 Å². The largest absolute Gasteiger partial charge is 0.396 e. The maximum absolute atomic E-state index is 10.3. The van der Waals surface area contributed by atoms with Gasteiger partial charge in [-0.1, -0.05) is 18.5 Å². The fourth-order valence-electron chi connectivity index (χ4n) is 3.09. The zero-order valence-corrected chi connectivity index (χ0v) is 12.8. The predicted molar refractivity (Wildman–Crippen MR) is 75.3 cm³/mol. The Hall–Kier alpha value is -1.02. The topological polar surface area (TPSA) is 91.9 Å². The van der Waals surface area contributed by atoms with Crippen LogP contribution in [0.4, 0.5) is 0 Å². The Labute approximate surface area is 124 Å². The number of rotatable bonds is 7. The zero-order chi connectivity index (χ0) is 15.3. The van der Waals surface area contributed by atoms with E-state index < -0.39 is 11.5 Å². The molecule has 2 heterocycles. The SMILES string of the molecule is CCC[C@@]1(CO)CN(Cc2nc(COC)no2)CC[C@@H]1O. The summed E-state index contributed by atoms with van der Waals surface area (Å²) >= 11 is 0. The Morgan fingerprint density at radius 3 is 3.00 bits per heavy atom. The van der Waals surface area contributed by atoms with Gasteiger partial charge >= 0.3 is 0 Å². The molecule has 1 aromatic heterocycles. The fraction of sp³-hybridized carbons (Fsp3) is 0.857. The summed E-state index contributed by atoms with van der Waals surface area (Å²) in [6, 6.07) is 0. The van der Waals surface area contributed by atoms with Crippen molar-refractivity contribution in [3.8, 4) is 0 Å². The van der Waals surface area contributed by atoms with Crippen LogP contribution in [-0.4, -0.2) is 58.2 Å². The van der Waals surface area contributed by atoms with E-state index in [0.717, 1.165) is 19.4 Å². The molecule has 0 bridgehead atoms. The molecule has 1 aromatic rings. The summed E-state index contributed by atoms with van der Waals surface area (Å²) in [5, 5.41) is 23.8. The maximum Gasteiger partial charge on any atom is 0.240 e. The third-order valence-electron chi connectivity index (χ3n) is 4.17. The van der Waals surface area contributed by atoms with E-state index in [1.54, 1.807) is 7.11 Å². The molecule has 7 heteroatoms. The molecular weight excluding hydrogens is 274 g/mol. The number of aromatic nitrogens is 2. The van der Waals surface area contributed by atoms with Crippen molar-refractivity contribution in [1.82, 2.24) is 15.0 Å². The highest BCUT2D eigenvalue weighted by Gasteiger charge is 2.41. The molecule has 2 rings (SSSR count). The summed E-state index contributed by atoms with van der Waals surface area (Å²) in [6.45, 7) is 4.33. The molecule has 1 saturated heterocycles. The second-order valence-corrected chi connectivity index (χ2v) is 5.82. The van der Waals surface area contributed by atoms with Crippen LogP contribution in [0.3, 0.4) is 0 Å². The Morgan fingerprint density at radius 2 is 2.33 bits per heavy atom. The van der Waals surface area contributed by atoms with E-state index in [-0.39, 0.29) is 6.61 Å². The van der Waals surface area contributed by atoms with Crippen molar-refractivity contribution < 1.29 is 19.5 Å². The van der Waals surface area contributed by atoms with Gasteiger partial charge in [-0.25, -0.2) is 0 Å². The van der Waals surface area contributed by atoms with Crippen LogP contribution in [0.2, 0.25) is 0 Å². The van der Waals surface area contributed by atoms with Crippen molar-refractivity contribution in [2.24, 2.45) is 5.41 Å². The van der Waals surface area contributed by atoms with Crippen LogP contribution in [0.25, 0.3) is 0 Å². The maximum atomic E-state index is 10.3. The number of aliphatic hydroxyl groups excluding tert-OH is 2. The van der Waals surface area contributed by atoms with Crippen LogP contribution in [0.5, 0.6) is 0 Å². The fourth-order valence-corrected chi connectivity index (χ4v) is 3.09. The van der Waals surface area contributed by atoms with Crippen molar-refractivity contribution >= 4 is 0 Å². The van der Waals surface area contributed by atoms with Crippen molar-refractivity contribution in [3.63, 3.8) is 0 Å². The first-order valence-electron chi connectivity index (χ1n) is 7.45. The van der Waals surface area contributed by atoms with Gasteiger partial charge in [0.15, 0.2) is 5.82 Å². The molecule has 0 amide bonds. The smallest absolute Gasteiger partial charge is 0.240 e. The van der Waals surface area contributed by atoms with Crippen molar-refractivity contribution in [2.45, 2.75) is 45.4 Å². The highest BCUT2D eigenvalue weighted by Crippen LogP contribution is 2.35. The van der Waals surface area contributed by atoms with Crippen LogP contribution in [0.15, 0.2) is 4.52 Å². The van der Waals surface area contributed by atoms with Crippen LogP contribution >= 0.6 is 0 Å². The molecule has 2 atom stereocenters. The standard InChI is InChI=1S/C14H25N3O4/c1-3-5-14(10-18)9-17(6-4-11(14)19)7-13-15-12(8-20-2)16-21-13/h11,18-19H,3-10H2,1-2H3/t11-,14-/m0/s1. The Kier molecular flexibility index (Phi) is 5.69. The summed E-state index contributed by atoms with van der Waals surface area (Å²) in [5.41, 5.74) is -0.442. The lowest BCUT2D eigenvalue weighted by atomic mass is 9.74. The van der Waals surface area contributed by atoms with E-state index in [0.29, 0.717) is 37.8 Å². The molecule has 7 nitrogen and oxygen atoms in total. The van der Waals surface area contributed by atoms with E-state index in [1.165, 1.54) is 0 Å². The molecule has 21 heavy (non-hydrogen) atoms. The number of nitrogens with zero attached hydrogens (tertiary/aromatic N) is 3. The number of aliphatic hydroxyl groups is 2. The van der Waals surface area contributed by atoms with E-state index >= 15 is 0 Å². The summed E-state index contributed by atoms with van der Waals surface area (Å²) in [7, 11) is 1.59. The molecule has 0 saturated carbocycles. The first-order valence-corrected chi connectivity index (χ1v) is 7.45. The average Bonchev–Trinajstić information content (AvgIpc) is 2.90. The number of methoxy groups -OCH3 is 1. The van der Waals surface area contributed by atoms with Crippen molar-refractivity contribution in [3.05, 3.63) is 11.7 Å². The molecule has 1 aliphatic heterocycles. The van der Waals surface area contributed by atoms with Gasteiger partial charge in [0, 0.05) is 25.6 Å². The summed E-state index contributed by atoms with van der Waals surface area (Å²) in [5.74, 6) is 1.08. The van der Waals surface area contributed by atoms with Crippen LogP contribution in [0, 0.1) is 5.41 Å². The van der Waals surface area contributed by atoms with Crippen LogP contribution in [0.1, 0.15) is 37.9 Å². The lowest BCUT2D eigenvalue weighted by Gasteiger charge is -2.45. The summed E-state index contributed by atoms with van der Waals surface area (Å²) in [6.07, 6.45) is 1.94. The van der Waals surface area contributed by atoms with Gasteiger partial charge < -0.3 is 19.5 Å². The van der Waals surface area contributed by atoms with E-state index in [4.69, 9.17) is 9.26 Å². The van der Waals surface area contributed by atoms with E-state index in [9.17, 15) is 10.2 Å². The van der Waals surface area contributed by atoms with Crippen LogP contribution in [-0.2, 0) is 17.9 Å². The minimum Gasteiger partial charge on any atom is -0.396 e. The summed E-state index contributed by atoms with van der Waals surface area (Å²) < 4.78 is 10.2. The Morgan fingerprint density at radius 1 is 1.52 bits per heavy atom. The molecule has 1 aliphatic rings. The number of likely N-dealkylation sites (tertiary alicyclic amines) is 1. The minimum absolute atomic E-state index is 0.00271. The van der Waals surface area contributed by atoms with Crippen molar-refractivity contribution in [2.75, 3.05) is 26.8 Å². The number of hydrogen-bond acceptors (Lipinski definition) is 7. The number of hydrogen-bond donors (Lipinski definition) is 2. The first kappa shape index (κ1) is 16.4. The summed E-state index contributed by atoms with van der Waals surface area (Å²) in [4.78, 5) is 6.42. The highest BCUT2D eigenvalue weighted by atomic mass is 16.5. The quantitative estimate of drug-likeness (QED) is 0.760. The zero-order valence-electron chi connectivity index (χ0n) is 12.8. The minimum atomic E-state index is -0.453. The third kappa shape index (κ3) is 3.79. The van der Waals surface area contributed by atoms with Gasteiger partial charge in [0.1, 0.15) is 6.61 Å². The van der Waals surface area contributed by atoms with Crippen LogP contribution < -0.4 is 0 Å². The molecule has 0 aromatic carbocycles. The number of piperidine rings is 1. The second-order valence-electron chi connectivity index (χ2n) is 5.82. The predicted octanol–water partition coefficient (Wildman–Crippen LogP) is 0.561. The molecular formula is C14H25N3O4. The third-order valence-corrected chi connectivity index (χ3v) is 4.17. The van der Waals surface area contributed by atoms with Gasteiger partial charge in [0.05, 0.1) is 19.3 Å². The van der Waals surface area contributed by atoms with Gasteiger partial charge in [-0.3, -0.25) is 4.90 Å². The van der Waals surface area contributed by atoms with Gasteiger partial charge in [-0.2, -0.15) is 4.98 Å². The molecule has 2 N–H and O–H groups in total. The van der Waals surface area contributed by atoms with Gasteiger partial charge in [-0.05, 0) is 12.8 Å². The lowest BCUT2D eigenvalue weighted by Crippen LogP contribution is -2.53. The average molecular weight is 299 g/mol. The lowest BCUT2D eigenvalue weighted by molar-refractivity contribution is -0.0835.